The summed E-state index contributed by atoms with van der Waals surface area (Å²) in [5, 5.41) is 17.1. The average molecular weight is 635 g/mol. The van der Waals surface area contributed by atoms with Crippen LogP contribution in [-0.2, 0) is 40.2 Å². The summed E-state index contributed by atoms with van der Waals surface area (Å²) in [5.41, 5.74) is 2.64. The van der Waals surface area contributed by atoms with E-state index < -0.39 is 59.4 Å². The van der Waals surface area contributed by atoms with E-state index in [1.807, 2.05) is 27.7 Å². The standard InChI is InChI=1S/C32H50N4O9/c1-9-20(4)27(36-44-18-22-11-10-12-23(16-22)31(42)43)30(41)35-25(13-14-26(38)45-32(6,7)8)29(40)33-21(5)28(39)34-24(17-37)15-19(2)3/h10-12,16-17,19-21,24-25,27,36H,9,13-15,18H2,1-8H3,(H,33,40)(H,34,39)(H,35,41)(H,42,43)/t20-,21-,24-,25-,27-/m0/s1. The Balaban J connectivity index is 3.05. The van der Waals surface area contributed by atoms with Crippen molar-refractivity contribution in [3.8, 4) is 0 Å². The van der Waals surface area contributed by atoms with Gasteiger partial charge in [-0.15, -0.1) is 0 Å². The summed E-state index contributed by atoms with van der Waals surface area (Å²) < 4.78 is 5.35. The van der Waals surface area contributed by atoms with Gasteiger partial charge in [0.1, 0.15) is 30.0 Å². The van der Waals surface area contributed by atoms with E-state index in [-0.39, 0.29) is 36.8 Å². The smallest absolute Gasteiger partial charge is 0.335 e. The number of hydroxylamine groups is 1. The van der Waals surface area contributed by atoms with Crippen molar-refractivity contribution >= 4 is 35.9 Å². The largest absolute Gasteiger partial charge is 0.478 e. The van der Waals surface area contributed by atoms with E-state index in [1.165, 1.54) is 19.1 Å². The van der Waals surface area contributed by atoms with Gasteiger partial charge < -0.3 is 30.6 Å². The molecule has 0 radical (unpaired) electrons. The number of benzene rings is 1. The topological polar surface area (TPSA) is 189 Å². The lowest BCUT2D eigenvalue weighted by molar-refractivity contribution is -0.155. The zero-order valence-electron chi connectivity index (χ0n) is 27.6. The highest BCUT2D eigenvalue weighted by molar-refractivity contribution is 5.93. The first-order valence-electron chi connectivity index (χ1n) is 15.2. The quantitative estimate of drug-likeness (QED) is 0.0860. The van der Waals surface area contributed by atoms with Crippen LogP contribution in [0.1, 0.15) is 97.0 Å². The van der Waals surface area contributed by atoms with E-state index in [2.05, 4.69) is 21.4 Å². The van der Waals surface area contributed by atoms with Gasteiger partial charge in [0.15, 0.2) is 0 Å². The fraction of sp³-hybridized carbons (Fsp3) is 0.625. The van der Waals surface area contributed by atoms with Crippen LogP contribution in [0.5, 0.6) is 0 Å². The summed E-state index contributed by atoms with van der Waals surface area (Å²) in [6.45, 7) is 14.1. The van der Waals surface area contributed by atoms with Crippen LogP contribution in [0.3, 0.4) is 0 Å². The fourth-order valence-corrected chi connectivity index (χ4v) is 4.20. The molecule has 0 saturated carbocycles. The number of carboxylic acid groups (broad SMARTS) is 1. The molecule has 0 aromatic heterocycles. The number of hydrogen-bond donors (Lipinski definition) is 5. The third-order valence-electron chi connectivity index (χ3n) is 6.78. The summed E-state index contributed by atoms with van der Waals surface area (Å²) in [7, 11) is 0. The molecule has 5 atom stereocenters. The molecule has 0 fully saturated rings. The summed E-state index contributed by atoms with van der Waals surface area (Å²) in [5.74, 6) is -3.59. The Bertz CT molecular complexity index is 1170. The molecule has 0 aliphatic rings. The van der Waals surface area contributed by atoms with E-state index in [0.717, 1.165) is 0 Å². The molecule has 13 nitrogen and oxygen atoms in total. The second kappa shape index (κ2) is 18.8. The molecular weight excluding hydrogens is 584 g/mol. The van der Waals surface area contributed by atoms with E-state index in [4.69, 9.17) is 9.57 Å². The van der Waals surface area contributed by atoms with Crippen molar-refractivity contribution in [2.75, 3.05) is 0 Å². The maximum Gasteiger partial charge on any atom is 0.335 e. The first-order valence-corrected chi connectivity index (χ1v) is 15.2. The first-order chi connectivity index (χ1) is 21.0. The Morgan fingerprint density at radius 2 is 1.62 bits per heavy atom. The minimum absolute atomic E-state index is 0.0326. The molecule has 0 saturated heterocycles. The van der Waals surface area contributed by atoms with Crippen LogP contribution in [0.4, 0.5) is 0 Å². The SMILES string of the molecule is CC[C@H](C)[C@H](NOCc1cccc(C(=O)O)c1)C(=O)N[C@@H](CCC(=O)OC(C)(C)C)C(=O)N[C@@H](C)C(=O)N[C@H](C=O)CC(C)C. The zero-order chi connectivity index (χ0) is 34.3. The number of carbonyl (C=O) groups excluding carboxylic acids is 5. The summed E-state index contributed by atoms with van der Waals surface area (Å²) in [6.07, 6.45) is 1.35. The molecule has 13 heteroatoms. The Labute approximate surface area is 265 Å². The van der Waals surface area contributed by atoms with Crippen molar-refractivity contribution in [1.82, 2.24) is 21.4 Å². The van der Waals surface area contributed by atoms with Crippen molar-refractivity contribution in [1.29, 1.82) is 0 Å². The first kappa shape index (κ1) is 39.2. The molecule has 5 N–H and O–H groups in total. The van der Waals surface area contributed by atoms with Crippen LogP contribution in [0.25, 0.3) is 0 Å². The minimum Gasteiger partial charge on any atom is -0.478 e. The van der Waals surface area contributed by atoms with Crippen LogP contribution in [0.15, 0.2) is 24.3 Å². The maximum atomic E-state index is 13.5. The normalized spacial score (nSPS) is 14.8. The monoisotopic (exact) mass is 634 g/mol. The fourth-order valence-electron chi connectivity index (χ4n) is 4.20. The van der Waals surface area contributed by atoms with Crippen LogP contribution >= 0.6 is 0 Å². The van der Waals surface area contributed by atoms with Crippen molar-refractivity contribution < 1.29 is 43.4 Å². The minimum atomic E-state index is -1.21. The number of amides is 3. The molecule has 0 aliphatic heterocycles. The Hall–Kier alpha value is -3.84. The number of esters is 1. The van der Waals surface area contributed by atoms with Gasteiger partial charge in [-0.1, -0.05) is 46.2 Å². The third kappa shape index (κ3) is 15.1. The summed E-state index contributed by atoms with van der Waals surface area (Å²) >= 11 is 0. The van der Waals surface area contributed by atoms with E-state index in [0.29, 0.717) is 24.7 Å². The van der Waals surface area contributed by atoms with Gasteiger partial charge in [-0.3, -0.25) is 24.0 Å². The molecule has 0 bridgehead atoms. The van der Waals surface area contributed by atoms with Gasteiger partial charge in [0.05, 0.1) is 18.2 Å². The molecule has 1 aromatic carbocycles. The predicted molar refractivity (Wildman–Crippen MR) is 167 cm³/mol. The second-order valence-electron chi connectivity index (χ2n) is 12.6. The van der Waals surface area contributed by atoms with Gasteiger partial charge in [0.25, 0.3) is 0 Å². The van der Waals surface area contributed by atoms with Gasteiger partial charge in [-0.05, 0) is 70.1 Å². The van der Waals surface area contributed by atoms with Crippen LogP contribution in [-0.4, -0.2) is 70.8 Å². The number of ether oxygens (including phenoxy) is 1. The van der Waals surface area contributed by atoms with Gasteiger partial charge in [0, 0.05) is 6.42 Å². The number of hydrogen-bond acceptors (Lipinski definition) is 9. The highest BCUT2D eigenvalue weighted by atomic mass is 16.6. The number of aromatic carboxylic acids is 1. The number of carboxylic acids is 1. The van der Waals surface area contributed by atoms with E-state index >= 15 is 0 Å². The molecule has 1 aromatic rings. The Morgan fingerprint density at radius 3 is 2.18 bits per heavy atom. The lowest BCUT2D eigenvalue weighted by Gasteiger charge is -2.27. The van der Waals surface area contributed by atoms with Gasteiger partial charge >= 0.3 is 11.9 Å². The molecule has 0 spiro atoms. The number of carbonyl (C=O) groups is 6. The van der Waals surface area contributed by atoms with Crippen LogP contribution in [0, 0.1) is 11.8 Å². The van der Waals surface area contributed by atoms with Crippen molar-refractivity contribution in [3.63, 3.8) is 0 Å². The molecule has 3 amide bonds. The molecular formula is C32H50N4O9. The number of rotatable bonds is 19. The summed E-state index contributed by atoms with van der Waals surface area (Å²) in [6, 6.07) is 2.29. The Morgan fingerprint density at radius 1 is 0.956 bits per heavy atom. The summed E-state index contributed by atoms with van der Waals surface area (Å²) in [4.78, 5) is 80.2. The van der Waals surface area contributed by atoms with Crippen molar-refractivity contribution in [3.05, 3.63) is 35.4 Å². The van der Waals surface area contributed by atoms with Gasteiger partial charge in [0.2, 0.25) is 17.7 Å². The van der Waals surface area contributed by atoms with Crippen LogP contribution < -0.4 is 21.4 Å². The number of nitrogens with one attached hydrogen (secondary N) is 4. The molecule has 45 heavy (non-hydrogen) atoms. The van der Waals surface area contributed by atoms with E-state index in [1.54, 1.807) is 32.9 Å². The highest BCUT2D eigenvalue weighted by Crippen LogP contribution is 2.13. The Kier molecular flexibility index (Phi) is 16.4. The van der Waals surface area contributed by atoms with E-state index in [9.17, 15) is 33.9 Å². The predicted octanol–water partition coefficient (Wildman–Crippen LogP) is 2.66. The average Bonchev–Trinajstić information content (AvgIpc) is 2.95. The molecule has 0 aliphatic carbocycles. The zero-order valence-corrected chi connectivity index (χ0v) is 27.6. The molecule has 252 valence electrons. The lowest BCUT2D eigenvalue weighted by atomic mass is 9.98. The van der Waals surface area contributed by atoms with Gasteiger partial charge in [-0.25, -0.2) is 4.79 Å². The third-order valence-corrected chi connectivity index (χ3v) is 6.78. The second-order valence-corrected chi connectivity index (χ2v) is 12.6. The van der Waals surface area contributed by atoms with Gasteiger partial charge in [-0.2, -0.15) is 5.48 Å². The lowest BCUT2D eigenvalue weighted by Crippen LogP contribution is -2.57. The maximum absolute atomic E-state index is 13.5. The van der Waals surface area contributed by atoms with Crippen molar-refractivity contribution in [2.45, 2.75) is 117 Å². The molecule has 0 unspecified atom stereocenters. The highest BCUT2D eigenvalue weighted by Gasteiger charge is 2.31. The molecule has 1 rings (SSSR count). The molecule has 0 heterocycles. The van der Waals surface area contributed by atoms with Crippen molar-refractivity contribution in [2.24, 2.45) is 11.8 Å². The van der Waals surface area contributed by atoms with Crippen LogP contribution in [0.2, 0.25) is 0 Å². The number of aldehydes is 1.